The van der Waals surface area contributed by atoms with Crippen LogP contribution in [0.3, 0.4) is 0 Å². The second-order valence-electron chi connectivity index (χ2n) is 6.24. The Morgan fingerprint density at radius 3 is 3.08 bits per heavy atom. The average molecular weight is 355 g/mol. The molecule has 130 valence electrons. The topological polar surface area (TPSA) is 104 Å². The SMILES string of the molecule is O=CCC1CC(NC(=O)O[C@@H]2CCN(c3cn[nH]c(=O)c3Cl)C2)C1. The molecule has 2 aliphatic rings. The van der Waals surface area contributed by atoms with E-state index in [-0.39, 0.29) is 17.2 Å². The number of hydrogen-bond acceptors (Lipinski definition) is 6. The molecule has 1 atom stereocenters. The summed E-state index contributed by atoms with van der Waals surface area (Å²) >= 11 is 5.99. The number of aromatic amines is 1. The molecular weight excluding hydrogens is 336 g/mol. The van der Waals surface area contributed by atoms with E-state index in [1.54, 1.807) is 0 Å². The monoisotopic (exact) mass is 354 g/mol. The first-order chi connectivity index (χ1) is 11.6. The van der Waals surface area contributed by atoms with E-state index < -0.39 is 11.7 Å². The van der Waals surface area contributed by atoms with E-state index in [2.05, 4.69) is 15.5 Å². The smallest absolute Gasteiger partial charge is 0.407 e. The molecule has 1 saturated heterocycles. The lowest BCUT2D eigenvalue weighted by Gasteiger charge is -2.34. The highest BCUT2D eigenvalue weighted by Crippen LogP contribution is 2.30. The molecule has 2 heterocycles. The van der Waals surface area contributed by atoms with E-state index in [1.165, 1.54) is 6.20 Å². The van der Waals surface area contributed by atoms with Crippen molar-refractivity contribution in [3.8, 4) is 0 Å². The summed E-state index contributed by atoms with van der Waals surface area (Å²) in [4.78, 5) is 35.7. The Bertz CT molecular complexity index is 674. The third kappa shape index (κ3) is 3.69. The molecule has 3 rings (SSSR count). The van der Waals surface area contributed by atoms with Crippen LogP contribution >= 0.6 is 11.6 Å². The maximum absolute atomic E-state index is 11.9. The number of alkyl carbamates (subject to hydrolysis) is 1. The van der Waals surface area contributed by atoms with Crippen molar-refractivity contribution in [2.24, 2.45) is 5.92 Å². The second kappa shape index (κ2) is 7.21. The van der Waals surface area contributed by atoms with Gasteiger partial charge in [0.2, 0.25) is 0 Å². The zero-order chi connectivity index (χ0) is 17.1. The summed E-state index contributed by atoms with van der Waals surface area (Å²) in [7, 11) is 0. The Kier molecular flexibility index (Phi) is 5.03. The van der Waals surface area contributed by atoms with E-state index >= 15 is 0 Å². The molecule has 2 fully saturated rings. The molecule has 24 heavy (non-hydrogen) atoms. The lowest BCUT2D eigenvalue weighted by Crippen LogP contribution is -2.45. The number of rotatable bonds is 5. The molecule has 0 radical (unpaired) electrons. The molecule has 1 aromatic heterocycles. The first-order valence-corrected chi connectivity index (χ1v) is 8.33. The minimum atomic E-state index is -0.439. The molecule has 1 aliphatic carbocycles. The van der Waals surface area contributed by atoms with Gasteiger partial charge in [-0.3, -0.25) is 4.79 Å². The third-order valence-corrected chi connectivity index (χ3v) is 4.89. The molecule has 0 bridgehead atoms. The zero-order valence-corrected chi connectivity index (χ0v) is 13.8. The second-order valence-corrected chi connectivity index (χ2v) is 6.62. The predicted molar refractivity (Wildman–Crippen MR) is 87.3 cm³/mol. The van der Waals surface area contributed by atoms with E-state index in [4.69, 9.17) is 16.3 Å². The Balaban J connectivity index is 1.46. The molecule has 0 unspecified atom stereocenters. The molecule has 1 aliphatic heterocycles. The zero-order valence-electron chi connectivity index (χ0n) is 13.0. The van der Waals surface area contributed by atoms with Gasteiger partial charge in [0.05, 0.1) is 18.4 Å². The number of hydrogen-bond donors (Lipinski definition) is 2. The number of anilines is 1. The number of carbonyl (C=O) groups is 2. The van der Waals surface area contributed by atoms with Gasteiger partial charge >= 0.3 is 6.09 Å². The number of nitrogens with one attached hydrogen (secondary N) is 2. The quantitative estimate of drug-likeness (QED) is 0.767. The van der Waals surface area contributed by atoms with Gasteiger partial charge in [-0.25, -0.2) is 9.89 Å². The summed E-state index contributed by atoms with van der Waals surface area (Å²) in [5.74, 6) is 0.376. The van der Waals surface area contributed by atoms with Crippen molar-refractivity contribution < 1.29 is 14.3 Å². The Labute approximate surface area is 143 Å². The van der Waals surface area contributed by atoms with Gasteiger partial charge in [-0.1, -0.05) is 11.6 Å². The van der Waals surface area contributed by atoms with Crippen molar-refractivity contribution in [2.45, 2.75) is 37.8 Å². The predicted octanol–water partition coefficient (Wildman–Crippen LogP) is 1.10. The van der Waals surface area contributed by atoms with Crippen LogP contribution in [0.2, 0.25) is 5.02 Å². The van der Waals surface area contributed by atoms with Crippen LogP contribution in [0.25, 0.3) is 0 Å². The lowest BCUT2D eigenvalue weighted by molar-refractivity contribution is -0.109. The minimum Gasteiger partial charge on any atom is -0.444 e. The van der Waals surface area contributed by atoms with E-state index in [0.29, 0.717) is 37.5 Å². The van der Waals surface area contributed by atoms with Gasteiger partial charge in [-0.2, -0.15) is 5.10 Å². The van der Waals surface area contributed by atoms with Crippen LogP contribution in [0, 0.1) is 5.92 Å². The summed E-state index contributed by atoms with van der Waals surface area (Å²) in [6.45, 7) is 1.10. The van der Waals surface area contributed by atoms with Gasteiger partial charge in [0, 0.05) is 25.4 Å². The molecule has 1 saturated carbocycles. The van der Waals surface area contributed by atoms with Crippen molar-refractivity contribution >= 4 is 29.7 Å². The number of halogens is 1. The number of ether oxygens (including phenoxy) is 1. The molecule has 8 nitrogen and oxygen atoms in total. The van der Waals surface area contributed by atoms with Crippen LogP contribution in [0.4, 0.5) is 10.5 Å². The van der Waals surface area contributed by atoms with Crippen LogP contribution in [0.1, 0.15) is 25.7 Å². The number of nitrogens with zero attached hydrogens (tertiary/aromatic N) is 2. The van der Waals surface area contributed by atoms with Crippen molar-refractivity contribution in [1.82, 2.24) is 15.5 Å². The number of carbonyl (C=O) groups excluding carboxylic acids is 2. The molecule has 1 amide bonds. The van der Waals surface area contributed by atoms with Crippen molar-refractivity contribution in [2.75, 3.05) is 18.0 Å². The molecule has 0 aromatic carbocycles. The normalized spacial score (nSPS) is 25.9. The molecule has 2 N–H and O–H groups in total. The lowest BCUT2D eigenvalue weighted by atomic mass is 9.79. The van der Waals surface area contributed by atoms with Gasteiger partial charge in [-0.05, 0) is 18.8 Å². The fraction of sp³-hybridized carbons (Fsp3) is 0.600. The highest BCUT2D eigenvalue weighted by atomic mass is 35.5. The average Bonchev–Trinajstić information content (AvgIpc) is 2.96. The Morgan fingerprint density at radius 2 is 2.33 bits per heavy atom. The minimum absolute atomic E-state index is 0.0887. The van der Waals surface area contributed by atoms with Gasteiger partial charge < -0.3 is 19.7 Å². The Morgan fingerprint density at radius 1 is 1.54 bits per heavy atom. The van der Waals surface area contributed by atoms with Crippen LogP contribution in [-0.2, 0) is 9.53 Å². The van der Waals surface area contributed by atoms with Crippen LogP contribution in [-0.4, -0.2) is 47.8 Å². The summed E-state index contributed by atoms with van der Waals surface area (Å²) in [5.41, 5.74) is 0.105. The van der Waals surface area contributed by atoms with Gasteiger partial charge in [0.1, 0.15) is 17.4 Å². The van der Waals surface area contributed by atoms with Crippen LogP contribution in [0.15, 0.2) is 11.0 Å². The molecule has 9 heteroatoms. The highest BCUT2D eigenvalue weighted by molar-refractivity contribution is 6.33. The molecule has 0 spiro atoms. The summed E-state index contributed by atoms with van der Waals surface area (Å²) < 4.78 is 5.42. The number of H-pyrrole nitrogens is 1. The number of amides is 1. The number of aromatic nitrogens is 2. The highest BCUT2D eigenvalue weighted by Gasteiger charge is 2.32. The maximum Gasteiger partial charge on any atom is 0.407 e. The van der Waals surface area contributed by atoms with Crippen LogP contribution < -0.4 is 15.8 Å². The summed E-state index contributed by atoms with van der Waals surface area (Å²) in [6, 6.07) is 0.0892. The third-order valence-electron chi connectivity index (χ3n) is 4.52. The first-order valence-electron chi connectivity index (χ1n) is 7.95. The van der Waals surface area contributed by atoms with Crippen molar-refractivity contribution in [3.05, 3.63) is 21.6 Å². The van der Waals surface area contributed by atoms with Gasteiger partial charge in [-0.15, -0.1) is 0 Å². The summed E-state index contributed by atoms with van der Waals surface area (Å²) in [6.07, 6.45) is 4.56. The van der Waals surface area contributed by atoms with Crippen molar-refractivity contribution in [1.29, 1.82) is 0 Å². The molecule has 1 aromatic rings. The van der Waals surface area contributed by atoms with E-state index in [0.717, 1.165) is 19.1 Å². The molecular formula is C15H19ClN4O4. The summed E-state index contributed by atoms with van der Waals surface area (Å²) in [5, 5.41) is 8.93. The maximum atomic E-state index is 11.9. The first kappa shape index (κ1) is 16.8. The van der Waals surface area contributed by atoms with Crippen molar-refractivity contribution in [3.63, 3.8) is 0 Å². The fourth-order valence-corrected chi connectivity index (χ4v) is 3.38. The van der Waals surface area contributed by atoms with E-state index in [1.807, 2.05) is 4.90 Å². The fourth-order valence-electron chi connectivity index (χ4n) is 3.17. The Hall–Kier alpha value is -2.09. The largest absolute Gasteiger partial charge is 0.444 e. The van der Waals surface area contributed by atoms with Crippen LogP contribution in [0.5, 0.6) is 0 Å². The van der Waals surface area contributed by atoms with Gasteiger partial charge in [0.25, 0.3) is 5.56 Å². The standard InChI is InChI=1S/C15H19ClN4O4/c16-13-12(7-17-19-14(13)22)20-3-1-11(8-20)24-15(23)18-10-5-9(6-10)2-4-21/h4,7,9-11H,1-3,5-6,8H2,(H,18,23)(H,19,22)/t9?,10?,11-/m1/s1. The van der Waals surface area contributed by atoms with Gasteiger partial charge in [0.15, 0.2) is 0 Å². The number of aldehydes is 1. The van der Waals surface area contributed by atoms with E-state index in [9.17, 15) is 14.4 Å².